The van der Waals surface area contributed by atoms with Gasteiger partial charge in [-0.3, -0.25) is 0 Å². The van der Waals surface area contributed by atoms with Crippen LogP contribution in [0.5, 0.6) is 0 Å². The summed E-state index contributed by atoms with van der Waals surface area (Å²) in [4.78, 5) is 0. The van der Waals surface area contributed by atoms with Gasteiger partial charge in [0.15, 0.2) is 0 Å². The smallest absolute Gasteiger partial charge is 0.200 e. The van der Waals surface area contributed by atoms with E-state index in [-0.39, 0.29) is 24.0 Å². The fourth-order valence-corrected chi connectivity index (χ4v) is 18.5. The van der Waals surface area contributed by atoms with Crippen LogP contribution in [-0.2, 0) is 4.43 Å². The fraction of sp³-hybridized carbons (Fsp3) is 0.943. The first-order chi connectivity index (χ1) is 18.2. The Labute approximate surface area is 249 Å². The van der Waals surface area contributed by atoms with E-state index >= 15 is 0 Å². The maximum absolute atomic E-state index is 11.8. The van der Waals surface area contributed by atoms with Crippen LogP contribution in [0.2, 0.25) is 16.6 Å². The molecular weight excluding hydrogens is 511 g/mol. The van der Waals surface area contributed by atoms with Crippen molar-refractivity contribution in [2.24, 2.45) is 17.8 Å². The van der Waals surface area contributed by atoms with E-state index in [0.29, 0.717) is 22.5 Å². The van der Waals surface area contributed by atoms with Crippen molar-refractivity contribution in [1.82, 2.24) is 0 Å². The topological polar surface area (TPSA) is 29.5 Å². The minimum Gasteiger partial charge on any atom is -0.413 e. The van der Waals surface area contributed by atoms with Crippen LogP contribution >= 0.6 is 7.26 Å². The molecule has 4 heteroatoms. The highest BCUT2D eigenvalue weighted by molar-refractivity contribution is 7.76. The number of aliphatic hydroxyl groups excluding tert-OH is 1. The minimum atomic E-state index is -2.04. The van der Waals surface area contributed by atoms with Crippen LogP contribution in [0.1, 0.15) is 142 Å². The lowest BCUT2D eigenvalue weighted by Gasteiger charge is -2.48. The monoisotopic (exact) mass is 586 g/mol. The lowest BCUT2D eigenvalue weighted by Crippen LogP contribution is -2.54. The van der Waals surface area contributed by atoms with Crippen LogP contribution in [0.25, 0.3) is 0 Å². The second-order valence-corrected chi connectivity index (χ2v) is 24.0. The normalized spacial score (nSPS) is 17.6. The summed E-state index contributed by atoms with van der Waals surface area (Å²) in [6.45, 7) is 32.8. The minimum absolute atomic E-state index is 0.102. The molecule has 0 aliphatic rings. The van der Waals surface area contributed by atoms with Crippen molar-refractivity contribution in [3.63, 3.8) is 0 Å². The zero-order valence-corrected chi connectivity index (χ0v) is 31.2. The van der Waals surface area contributed by atoms with Crippen LogP contribution in [0, 0.1) is 17.8 Å². The van der Waals surface area contributed by atoms with E-state index < -0.39 is 15.6 Å². The van der Waals surface area contributed by atoms with Gasteiger partial charge < -0.3 is 9.53 Å². The molecule has 0 fully saturated rings. The van der Waals surface area contributed by atoms with E-state index in [2.05, 4.69) is 103 Å². The molecule has 0 aliphatic heterocycles. The van der Waals surface area contributed by atoms with Gasteiger partial charge in [0.1, 0.15) is 0 Å². The first-order valence-electron chi connectivity index (χ1n) is 17.1. The van der Waals surface area contributed by atoms with Gasteiger partial charge in [-0.2, -0.15) is 0 Å². The quantitative estimate of drug-likeness (QED) is 0.0778. The van der Waals surface area contributed by atoms with E-state index in [0.717, 1.165) is 6.42 Å². The second kappa shape index (κ2) is 19.5. The average Bonchev–Trinajstić information content (AvgIpc) is 2.87. The lowest BCUT2D eigenvalue weighted by atomic mass is 9.83. The summed E-state index contributed by atoms with van der Waals surface area (Å²) in [5.74, 6) is 0.696. The molecule has 5 atom stereocenters. The third-order valence-corrected chi connectivity index (χ3v) is 21.0. The molecule has 0 heterocycles. The molecule has 0 radical (unpaired) electrons. The van der Waals surface area contributed by atoms with Crippen LogP contribution in [-0.4, -0.2) is 50.3 Å². The van der Waals surface area contributed by atoms with Crippen LogP contribution in [0.3, 0.4) is 0 Å². The Balaban J connectivity index is 6.06. The second-order valence-electron chi connectivity index (χ2n) is 14.2. The molecule has 0 bridgehead atoms. The first-order valence-corrected chi connectivity index (χ1v) is 21.7. The van der Waals surface area contributed by atoms with Crippen LogP contribution < -0.4 is 0 Å². The Morgan fingerprint density at radius 3 is 1.49 bits per heavy atom. The van der Waals surface area contributed by atoms with Crippen molar-refractivity contribution < 1.29 is 9.53 Å². The Hall–Kier alpha value is 0.307. The van der Waals surface area contributed by atoms with Gasteiger partial charge in [-0.25, -0.2) is 0 Å². The number of rotatable bonds is 22. The van der Waals surface area contributed by atoms with Gasteiger partial charge in [0.25, 0.3) is 0 Å². The molecule has 0 saturated heterocycles. The summed E-state index contributed by atoms with van der Waals surface area (Å²) < 4.78 is 7.39. The number of hydrogen-bond donors (Lipinski definition) is 1. The van der Waals surface area contributed by atoms with Crippen LogP contribution in [0.4, 0.5) is 0 Å². The molecule has 2 nitrogen and oxygen atoms in total. The molecule has 0 saturated carbocycles. The predicted octanol–water partition coefficient (Wildman–Crippen LogP) is 11.6. The SMILES string of the molecule is CCCC[P+](CCCC)(CCCC)C/C(C)=C/[C@@H](C)[C@@H](O)[C@@H](C)[C@@H](O[Si](C(C)C)(C(C)C)C(C)C)[C@@H](C)CC. The summed E-state index contributed by atoms with van der Waals surface area (Å²) in [5.41, 5.74) is 3.19. The van der Waals surface area contributed by atoms with Gasteiger partial charge in [0.05, 0.1) is 36.9 Å². The molecule has 0 rings (SSSR count). The summed E-state index contributed by atoms with van der Waals surface area (Å²) in [5, 5.41) is 11.8. The Morgan fingerprint density at radius 1 is 0.744 bits per heavy atom. The van der Waals surface area contributed by atoms with Crippen molar-refractivity contribution in [3.8, 4) is 0 Å². The van der Waals surface area contributed by atoms with E-state index in [4.69, 9.17) is 4.43 Å². The largest absolute Gasteiger partial charge is 0.413 e. The number of allylic oxidation sites excluding steroid dienone is 1. The van der Waals surface area contributed by atoms with Crippen molar-refractivity contribution in [2.75, 3.05) is 24.6 Å². The summed E-state index contributed by atoms with van der Waals surface area (Å²) in [6.07, 6.45) is 17.0. The highest BCUT2D eigenvalue weighted by atomic mass is 31.2. The zero-order valence-electron chi connectivity index (χ0n) is 29.3. The van der Waals surface area contributed by atoms with E-state index in [9.17, 15) is 5.11 Å². The third-order valence-electron chi connectivity index (χ3n) is 9.94. The molecule has 0 aliphatic carbocycles. The summed E-state index contributed by atoms with van der Waals surface area (Å²) >= 11 is 0. The number of unbranched alkanes of at least 4 members (excludes halogenated alkanes) is 3. The van der Waals surface area contributed by atoms with Crippen molar-refractivity contribution in [1.29, 1.82) is 0 Å². The molecule has 0 aromatic heterocycles. The van der Waals surface area contributed by atoms with E-state index in [1.807, 2.05) is 0 Å². The van der Waals surface area contributed by atoms with Gasteiger partial charge in [0, 0.05) is 19.1 Å². The van der Waals surface area contributed by atoms with E-state index in [1.165, 1.54) is 68.7 Å². The van der Waals surface area contributed by atoms with Gasteiger partial charge >= 0.3 is 0 Å². The maximum Gasteiger partial charge on any atom is 0.200 e. The summed E-state index contributed by atoms with van der Waals surface area (Å²) in [6, 6.07) is 0. The molecular formula is C35H74O2PSi+. The van der Waals surface area contributed by atoms with Gasteiger partial charge in [0.2, 0.25) is 8.32 Å². The average molecular weight is 586 g/mol. The Kier molecular flexibility index (Phi) is 19.6. The molecule has 0 unspecified atom stereocenters. The standard InChI is InChI=1S/C35H74O2PSi/c1-15-19-22-38(23-20-16-2,24-21-17-3)26-30(11)25-32(13)34(36)33(14)35(31(12)18-4)37-39(27(5)6,28(7)8)29(9)10/h25,27-29,31-36H,15-24,26H2,1-14H3/q+1/b30-25+/t31-,32+,33+,34+,35-/m0/s1. The van der Waals surface area contributed by atoms with Gasteiger partial charge in [-0.05, 0) is 54.3 Å². The van der Waals surface area contributed by atoms with Crippen molar-refractivity contribution >= 4 is 15.6 Å². The molecule has 1 N–H and O–H groups in total. The zero-order chi connectivity index (χ0) is 30.4. The molecule has 0 amide bonds. The number of aliphatic hydroxyl groups is 1. The van der Waals surface area contributed by atoms with Crippen LogP contribution in [0.15, 0.2) is 11.6 Å². The fourth-order valence-electron chi connectivity index (χ4n) is 7.47. The lowest BCUT2D eigenvalue weighted by molar-refractivity contribution is -0.0160. The third kappa shape index (κ3) is 11.8. The van der Waals surface area contributed by atoms with Gasteiger partial charge in [-0.15, -0.1) is 0 Å². The first kappa shape index (κ1) is 39.3. The highest BCUT2D eigenvalue weighted by Gasteiger charge is 2.48. The number of hydrogen-bond acceptors (Lipinski definition) is 2. The molecule has 0 spiro atoms. The molecule has 0 aromatic rings. The molecule has 0 aromatic carbocycles. The van der Waals surface area contributed by atoms with Crippen molar-refractivity contribution in [3.05, 3.63) is 11.6 Å². The van der Waals surface area contributed by atoms with E-state index in [1.54, 1.807) is 0 Å². The summed E-state index contributed by atoms with van der Waals surface area (Å²) in [7, 11) is -3.02. The Bertz CT molecular complexity index is 615. The predicted molar refractivity (Wildman–Crippen MR) is 185 cm³/mol. The maximum atomic E-state index is 11.8. The van der Waals surface area contributed by atoms with Gasteiger partial charge in [-0.1, -0.05) is 122 Å². The highest BCUT2D eigenvalue weighted by Crippen LogP contribution is 2.62. The van der Waals surface area contributed by atoms with Crippen molar-refractivity contribution in [2.45, 2.75) is 171 Å². The molecule has 234 valence electrons. The Morgan fingerprint density at radius 2 is 1.15 bits per heavy atom. The molecule has 39 heavy (non-hydrogen) atoms.